The fourth-order valence-electron chi connectivity index (χ4n) is 9.49. The number of aromatic nitrogens is 4. The van der Waals surface area contributed by atoms with E-state index in [1.165, 1.54) is 13.0 Å². The molecule has 353 valence electrons. The SMILES string of the molecule is CC[C@@H](C)[C@H](NC(=O)OC)C(=O)N1C[C@@H](C)C[C@H]1c1ncc(-c2ccc3c(c2)COc2cc4c(ccc5nc([C@@H]6C[C@H](COC)CN6C(=O)[C@@H](NC(=O)O)C(C)C)[nH]c54)cc2-3)[nH]1.C[C](C)C. The average molecular weight is 906 g/mol. The summed E-state index contributed by atoms with van der Waals surface area (Å²) in [5.41, 5.74) is 6.43. The highest BCUT2D eigenvalue weighted by Crippen LogP contribution is 2.44. The van der Waals surface area contributed by atoms with Crippen molar-refractivity contribution in [2.75, 3.05) is 33.9 Å². The summed E-state index contributed by atoms with van der Waals surface area (Å²) in [6.07, 6.45) is 2.03. The number of ether oxygens (including phenoxy) is 3. The first-order valence-corrected chi connectivity index (χ1v) is 23.0. The fraction of sp³-hybridized carbons (Fsp3) is 0.500. The van der Waals surface area contributed by atoms with Gasteiger partial charge < -0.3 is 49.7 Å². The zero-order chi connectivity index (χ0) is 47.6. The Morgan fingerprint density at radius 2 is 1.61 bits per heavy atom. The molecule has 16 heteroatoms. The van der Waals surface area contributed by atoms with Crippen LogP contribution in [0.25, 0.3) is 44.2 Å². The lowest BCUT2D eigenvalue weighted by Gasteiger charge is -2.30. The summed E-state index contributed by atoms with van der Waals surface area (Å²) in [4.78, 5) is 72.1. The summed E-state index contributed by atoms with van der Waals surface area (Å²) in [6, 6.07) is 12.3. The Labute approximate surface area is 386 Å². The molecule has 8 rings (SSSR count). The largest absolute Gasteiger partial charge is 0.488 e. The molecule has 3 aliphatic rings. The molecule has 5 aromatic rings. The van der Waals surface area contributed by atoms with E-state index in [9.17, 15) is 24.3 Å². The van der Waals surface area contributed by atoms with Gasteiger partial charge in [-0.2, -0.15) is 0 Å². The minimum absolute atomic E-state index is 0.0654. The van der Waals surface area contributed by atoms with Gasteiger partial charge in [-0.1, -0.05) is 80.0 Å². The maximum atomic E-state index is 14.0. The third-order valence-corrected chi connectivity index (χ3v) is 12.9. The van der Waals surface area contributed by atoms with Crippen molar-refractivity contribution in [1.29, 1.82) is 0 Å². The molecular weight excluding hydrogens is 841 g/mol. The molecule has 0 unspecified atom stereocenters. The van der Waals surface area contributed by atoms with Crippen molar-refractivity contribution in [3.05, 3.63) is 71.8 Å². The molecular formula is C50H65N8O8. The van der Waals surface area contributed by atoms with Crippen molar-refractivity contribution in [3.8, 4) is 28.1 Å². The maximum Gasteiger partial charge on any atom is 0.407 e. The molecule has 0 bridgehead atoms. The fourth-order valence-corrected chi connectivity index (χ4v) is 9.49. The topological polar surface area (TPSA) is 204 Å². The lowest BCUT2D eigenvalue weighted by molar-refractivity contribution is -0.136. The average Bonchev–Trinajstić information content (AvgIpc) is 4.11. The van der Waals surface area contributed by atoms with Crippen molar-refractivity contribution in [2.45, 2.75) is 105 Å². The van der Waals surface area contributed by atoms with Crippen LogP contribution in [0.15, 0.2) is 48.7 Å². The van der Waals surface area contributed by atoms with Gasteiger partial charge in [0, 0.05) is 37.1 Å². The number of imidazole rings is 2. The van der Waals surface area contributed by atoms with E-state index in [2.05, 4.69) is 72.6 Å². The van der Waals surface area contributed by atoms with Gasteiger partial charge in [-0.15, -0.1) is 0 Å². The number of alkyl carbamates (subject to hydrolysis) is 1. The quantitative estimate of drug-likeness (QED) is 0.0805. The molecule has 3 aliphatic heterocycles. The van der Waals surface area contributed by atoms with Gasteiger partial charge in [-0.25, -0.2) is 19.6 Å². The Morgan fingerprint density at radius 1 is 0.894 bits per heavy atom. The second-order valence-electron chi connectivity index (χ2n) is 19.1. The standard InChI is InChI=1S/C46H56N8O8.C4H9/c1-8-25(5)39(52-46(59)61-7)44(56)53-19-24(4)13-35(53)41-47-18-34(49-41)28-9-11-30-29(15-28)22-62-37-17-31-27(16-32(30)37)10-12-33-40(31)50-42(48-33)36-14-26(21-60-6)20-54(36)43(55)38(23(2)3)51-45(57)58;1-4(2)3/h9-12,15-18,23-26,35-36,38-39,51H,8,13-14,19-22H2,1-7H3,(H,47,49)(H,48,50)(H,52,59)(H,57,58);1-3H3/t24-,25+,26-,35-,36-,38-,39-;/m0./s1. The minimum Gasteiger partial charge on any atom is -0.488 e. The highest BCUT2D eigenvalue weighted by atomic mass is 16.5. The molecule has 4 amide bonds. The summed E-state index contributed by atoms with van der Waals surface area (Å²) in [5, 5.41) is 16.6. The third-order valence-electron chi connectivity index (χ3n) is 12.9. The highest BCUT2D eigenvalue weighted by Gasteiger charge is 2.43. The predicted octanol–water partition coefficient (Wildman–Crippen LogP) is 8.79. The van der Waals surface area contributed by atoms with Gasteiger partial charge in [0.05, 0.1) is 48.7 Å². The Bertz CT molecular complexity index is 2560. The van der Waals surface area contributed by atoms with Crippen LogP contribution >= 0.6 is 0 Å². The van der Waals surface area contributed by atoms with Crippen molar-refractivity contribution in [1.82, 2.24) is 40.4 Å². The number of rotatable bonds is 12. The number of aromatic amines is 2. The van der Waals surface area contributed by atoms with Crippen LogP contribution in [0.1, 0.15) is 104 Å². The van der Waals surface area contributed by atoms with Gasteiger partial charge in [-0.05, 0) is 82.9 Å². The highest BCUT2D eigenvalue weighted by molar-refractivity contribution is 6.07. The van der Waals surface area contributed by atoms with Crippen LogP contribution in [-0.4, -0.2) is 105 Å². The summed E-state index contributed by atoms with van der Waals surface area (Å²) >= 11 is 0. The zero-order valence-corrected chi connectivity index (χ0v) is 39.8. The van der Waals surface area contributed by atoms with Crippen LogP contribution < -0.4 is 15.4 Å². The molecule has 0 saturated carbocycles. The second-order valence-corrected chi connectivity index (χ2v) is 19.1. The molecule has 5 N–H and O–H groups in total. The number of amides is 4. The smallest absolute Gasteiger partial charge is 0.407 e. The van der Waals surface area contributed by atoms with Crippen molar-refractivity contribution in [2.24, 2.45) is 23.7 Å². The van der Waals surface area contributed by atoms with Crippen molar-refractivity contribution >= 4 is 45.8 Å². The number of carboxylic acid groups (broad SMARTS) is 1. The molecule has 2 fully saturated rings. The Balaban J connectivity index is 0.00000156. The van der Waals surface area contributed by atoms with Gasteiger partial charge >= 0.3 is 12.2 Å². The van der Waals surface area contributed by atoms with Gasteiger partial charge in [-0.3, -0.25) is 9.59 Å². The normalized spacial score (nSPS) is 20.3. The monoisotopic (exact) mass is 905 g/mol. The Hall–Kier alpha value is -6.16. The first kappa shape index (κ1) is 47.8. The van der Waals surface area contributed by atoms with Crippen LogP contribution in [-0.2, 0) is 25.7 Å². The van der Waals surface area contributed by atoms with Crippen LogP contribution in [0.5, 0.6) is 5.75 Å². The van der Waals surface area contributed by atoms with E-state index in [0.29, 0.717) is 50.8 Å². The predicted molar refractivity (Wildman–Crippen MR) is 252 cm³/mol. The number of H-pyrrole nitrogens is 2. The first-order valence-electron chi connectivity index (χ1n) is 23.0. The number of hydrogen-bond acceptors (Lipinski definition) is 9. The van der Waals surface area contributed by atoms with E-state index in [-0.39, 0.29) is 47.6 Å². The van der Waals surface area contributed by atoms with Gasteiger partial charge in [0.25, 0.3) is 0 Å². The second kappa shape index (κ2) is 20.1. The van der Waals surface area contributed by atoms with Gasteiger partial charge in [0.1, 0.15) is 36.1 Å². The number of benzene rings is 3. The van der Waals surface area contributed by atoms with E-state index < -0.39 is 24.3 Å². The number of likely N-dealkylation sites (tertiary alicyclic amines) is 2. The van der Waals surface area contributed by atoms with Crippen LogP contribution in [0.2, 0.25) is 0 Å². The molecule has 1 radical (unpaired) electrons. The van der Waals surface area contributed by atoms with Crippen LogP contribution in [0.4, 0.5) is 9.59 Å². The maximum absolute atomic E-state index is 14.0. The molecule has 2 saturated heterocycles. The summed E-state index contributed by atoms with van der Waals surface area (Å²) in [5.74, 6) is 3.09. The lowest BCUT2D eigenvalue weighted by atomic mass is 9.92. The molecule has 0 aliphatic carbocycles. The molecule has 5 heterocycles. The molecule has 3 aromatic carbocycles. The number of carbonyl (C=O) groups excluding carboxylic acids is 3. The number of nitrogens with one attached hydrogen (secondary N) is 4. The van der Waals surface area contributed by atoms with Crippen molar-refractivity contribution in [3.63, 3.8) is 0 Å². The van der Waals surface area contributed by atoms with E-state index >= 15 is 0 Å². The molecule has 2 aromatic heterocycles. The lowest BCUT2D eigenvalue weighted by Crippen LogP contribution is -2.51. The number of nitrogens with zero attached hydrogens (tertiary/aromatic N) is 4. The first-order chi connectivity index (χ1) is 31.5. The minimum atomic E-state index is -1.24. The van der Waals surface area contributed by atoms with E-state index in [0.717, 1.165) is 61.9 Å². The van der Waals surface area contributed by atoms with Gasteiger partial charge in [0.2, 0.25) is 11.8 Å². The molecule has 66 heavy (non-hydrogen) atoms. The molecule has 16 nitrogen and oxygen atoms in total. The van der Waals surface area contributed by atoms with Crippen LogP contribution in [0, 0.1) is 29.6 Å². The molecule has 7 atom stereocenters. The summed E-state index contributed by atoms with van der Waals surface area (Å²) < 4.78 is 16.7. The zero-order valence-electron chi connectivity index (χ0n) is 39.8. The number of methoxy groups -OCH3 is 2. The summed E-state index contributed by atoms with van der Waals surface area (Å²) in [6.45, 7) is 17.8. The van der Waals surface area contributed by atoms with Crippen molar-refractivity contribution < 1.29 is 38.5 Å². The number of carbonyl (C=O) groups is 4. The summed E-state index contributed by atoms with van der Waals surface area (Å²) in [7, 11) is 2.94. The van der Waals surface area contributed by atoms with Gasteiger partial charge in [0.15, 0.2) is 0 Å². The number of fused-ring (bicyclic) bond motifs is 6. The number of hydrogen-bond donors (Lipinski definition) is 5. The third kappa shape index (κ3) is 9.98. The Morgan fingerprint density at radius 3 is 2.29 bits per heavy atom. The van der Waals surface area contributed by atoms with Crippen LogP contribution in [0.3, 0.4) is 0 Å². The molecule has 0 spiro atoms. The van der Waals surface area contributed by atoms with E-state index in [4.69, 9.17) is 24.2 Å². The van der Waals surface area contributed by atoms with E-state index in [1.54, 1.807) is 12.0 Å². The van der Waals surface area contributed by atoms with E-state index in [1.807, 2.05) is 57.0 Å². The Kier molecular flexibility index (Phi) is 14.6.